The molecule has 1 unspecified atom stereocenters. The Hall–Kier alpha value is 0.180. The van der Waals surface area contributed by atoms with E-state index in [1.807, 2.05) is 18.2 Å². The average molecular weight is 170 g/mol. The molecular formula is C10H11NaO. The van der Waals surface area contributed by atoms with Crippen LogP contribution in [0, 0.1) is 0 Å². The maximum atomic E-state index is 11.4. The third-order valence-electron chi connectivity index (χ3n) is 2.31. The minimum absolute atomic E-state index is 0. The van der Waals surface area contributed by atoms with E-state index in [1.165, 1.54) is 5.56 Å². The van der Waals surface area contributed by atoms with Crippen molar-refractivity contribution in [1.82, 2.24) is 0 Å². The van der Waals surface area contributed by atoms with Gasteiger partial charge in [0.1, 0.15) is 0 Å². The number of hydrogen-bond donors (Lipinski definition) is 0. The molecule has 0 aromatic heterocycles. The summed E-state index contributed by atoms with van der Waals surface area (Å²) in [7, 11) is 0. The molecule has 0 aliphatic heterocycles. The standard InChI is InChI=1S/C10H11O.Na/c11-10-7-3-5-8-4-1-2-6-9(8)10;/h1-2,4,6,10H,3,5,7H2;/q-1;+1. The maximum Gasteiger partial charge on any atom is 1.00 e. The van der Waals surface area contributed by atoms with Crippen LogP contribution in [0.15, 0.2) is 24.3 Å². The Bertz CT molecular complexity index is 260. The number of hydrogen-bond acceptors (Lipinski definition) is 1. The predicted molar refractivity (Wildman–Crippen MR) is 42.1 cm³/mol. The summed E-state index contributed by atoms with van der Waals surface area (Å²) >= 11 is 0. The van der Waals surface area contributed by atoms with Crippen LogP contribution in [0.25, 0.3) is 0 Å². The van der Waals surface area contributed by atoms with Crippen molar-refractivity contribution >= 4 is 0 Å². The summed E-state index contributed by atoms with van der Waals surface area (Å²) in [6.07, 6.45) is 2.51. The number of aryl methyl sites for hydroxylation is 1. The SMILES string of the molecule is [Na+].[O-]C1CCCc2ccccc21. The molecule has 1 aliphatic carbocycles. The first-order valence-corrected chi connectivity index (χ1v) is 4.11. The average Bonchev–Trinajstić information content (AvgIpc) is 2.06. The van der Waals surface area contributed by atoms with Gasteiger partial charge in [-0.1, -0.05) is 42.4 Å². The first kappa shape index (κ1) is 10.3. The Labute approximate surface area is 95.1 Å². The maximum absolute atomic E-state index is 11.4. The molecule has 1 aromatic rings. The fourth-order valence-corrected chi connectivity index (χ4v) is 1.71. The molecule has 0 spiro atoms. The Morgan fingerprint density at radius 1 is 1.25 bits per heavy atom. The molecule has 12 heavy (non-hydrogen) atoms. The monoisotopic (exact) mass is 170 g/mol. The van der Waals surface area contributed by atoms with Gasteiger partial charge >= 0.3 is 29.6 Å². The van der Waals surface area contributed by atoms with E-state index in [1.54, 1.807) is 0 Å². The normalized spacial score (nSPS) is 20.9. The van der Waals surface area contributed by atoms with E-state index in [4.69, 9.17) is 0 Å². The molecule has 0 fully saturated rings. The van der Waals surface area contributed by atoms with Crippen molar-refractivity contribution in [3.05, 3.63) is 35.4 Å². The van der Waals surface area contributed by atoms with Gasteiger partial charge in [-0.3, -0.25) is 0 Å². The zero-order valence-corrected chi connectivity index (χ0v) is 9.42. The molecule has 1 aromatic carbocycles. The van der Waals surface area contributed by atoms with Crippen LogP contribution in [0.1, 0.15) is 30.1 Å². The van der Waals surface area contributed by atoms with Gasteiger partial charge < -0.3 is 5.11 Å². The van der Waals surface area contributed by atoms with Gasteiger partial charge in [0.25, 0.3) is 0 Å². The van der Waals surface area contributed by atoms with Gasteiger partial charge in [-0.15, -0.1) is 0 Å². The molecule has 1 nitrogen and oxygen atoms in total. The van der Waals surface area contributed by atoms with Crippen molar-refractivity contribution in [3.8, 4) is 0 Å². The van der Waals surface area contributed by atoms with E-state index in [0.29, 0.717) is 0 Å². The van der Waals surface area contributed by atoms with Crippen LogP contribution < -0.4 is 34.7 Å². The molecule has 2 rings (SSSR count). The Morgan fingerprint density at radius 3 is 2.75 bits per heavy atom. The molecule has 0 saturated heterocycles. The Kier molecular flexibility index (Phi) is 3.78. The van der Waals surface area contributed by atoms with Gasteiger partial charge in [-0.25, -0.2) is 0 Å². The minimum atomic E-state index is -0.458. The first-order chi connectivity index (χ1) is 5.38. The minimum Gasteiger partial charge on any atom is -0.849 e. The van der Waals surface area contributed by atoms with Crippen LogP contribution in [0.4, 0.5) is 0 Å². The van der Waals surface area contributed by atoms with E-state index < -0.39 is 6.10 Å². The second kappa shape index (κ2) is 4.43. The summed E-state index contributed by atoms with van der Waals surface area (Å²) < 4.78 is 0. The summed E-state index contributed by atoms with van der Waals surface area (Å²) in [5.41, 5.74) is 2.29. The summed E-state index contributed by atoms with van der Waals surface area (Å²) in [6, 6.07) is 8.00. The van der Waals surface area contributed by atoms with Gasteiger partial charge in [0.2, 0.25) is 0 Å². The molecule has 0 saturated carbocycles. The van der Waals surface area contributed by atoms with Crippen molar-refractivity contribution in [2.45, 2.75) is 25.4 Å². The zero-order chi connectivity index (χ0) is 7.68. The molecule has 2 heteroatoms. The van der Waals surface area contributed by atoms with E-state index in [9.17, 15) is 5.11 Å². The Morgan fingerprint density at radius 2 is 2.00 bits per heavy atom. The summed E-state index contributed by atoms with van der Waals surface area (Å²) in [4.78, 5) is 0. The molecule has 58 valence electrons. The molecule has 0 N–H and O–H groups in total. The second-order valence-electron chi connectivity index (χ2n) is 3.08. The molecule has 1 atom stereocenters. The fourth-order valence-electron chi connectivity index (χ4n) is 1.71. The number of benzene rings is 1. The van der Waals surface area contributed by atoms with Crippen molar-refractivity contribution < 1.29 is 34.7 Å². The van der Waals surface area contributed by atoms with Crippen molar-refractivity contribution in [1.29, 1.82) is 0 Å². The van der Waals surface area contributed by atoms with Crippen LogP contribution in [-0.4, -0.2) is 0 Å². The van der Waals surface area contributed by atoms with E-state index in [-0.39, 0.29) is 29.6 Å². The summed E-state index contributed by atoms with van der Waals surface area (Å²) in [5, 5.41) is 11.4. The summed E-state index contributed by atoms with van der Waals surface area (Å²) in [5.74, 6) is 0. The van der Waals surface area contributed by atoms with E-state index in [2.05, 4.69) is 6.07 Å². The van der Waals surface area contributed by atoms with E-state index >= 15 is 0 Å². The quantitative estimate of drug-likeness (QED) is 0.431. The predicted octanol–water partition coefficient (Wildman–Crippen LogP) is -1.57. The molecule has 0 heterocycles. The van der Waals surface area contributed by atoms with Crippen molar-refractivity contribution in [2.24, 2.45) is 0 Å². The summed E-state index contributed by atoms with van der Waals surface area (Å²) in [6.45, 7) is 0. The van der Waals surface area contributed by atoms with Crippen LogP contribution in [0.3, 0.4) is 0 Å². The third-order valence-corrected chi connectivity index (χ3v) is 2.31. The van der Waals surface area contributed by atoms with Crippen molar-refractivity contribution in [2.75, 3.05) is 0 Å². The molecule has 0 amide bonds. The van der Waals surface area contributed by atoms with Gasteiger partial charge in [0.15, 0.2) is 0 Å². The van der Waals surface area contributed by atoms with Gasteiger partial charge in [-0.2, -0.15) is 0 Å². The van der Waals surface area contributed by atoms with Gasteiger partial charge in [0, 0.05) is 0 Å². The zero-order valence-electron chi connectivity index (χ0n) is 7.42. The van der Waals surface area contributed by atoms with Gasteiger partial charge in [0.05, 0.1) is 0 Å². The van der Waals surface area contributed by atoms with E-state index in [0.717, 1.165) is 24.8 Å². The third kappa shape index (κ3) is 1.91. The van der Waals surface area contributed by atoms with Gasteiger partial charge in [-0.05, 0) is 18.4 Å². The van der Waals surface area contributed by atoms with Crippen LogP contribution in [0.5, 0.6) is 0 Å². The molecular weight excluding hydrogens is 159 g/mol. The molecule has 0 bridgehead atoms. The van der Waals surface area contributed by atoms with Crippen LogP contribution in [0.2, 0.25) is 0 Å². The fraction of sp³-hybridized carbons (Fsp3) is 0.400. The second-order valence-corrected chi connectivity index (χ2v) is 3.08. The van der Waals surface area contributed by atoms with Crippen LogP contribution in [-0.2, 0) is 6.42 Å². The topological polar surface area (TPSA) is 23.1 Å². The molecule has 0 radical (unpaired) electrons. The molecule has 1 aliphatic rings. The first-order valence-electron chi connectivity index (χ1n) is 4.11. The van der Waals surface area contributed by atoms with Crippen LogP contribution >= 0.6 is 0 Å². The number of fused-ring (bicyclic) bond motifs is 1. The number of rotatable bonds is 0. The Balaban J connectivity index is 0.000000720. The largest absolute Gasteiger partial charge is 1.00 e. The smallest absolute Gasteiger partial charge is 0.849 e. The van der Waals surface area contributed by atoms with Crippen molar-refractivity contribution in [3.63, 3.8) is 0 Å².